The maximum absolute atomic E-state index is 11.3. The van der Waals surface area contributed by atoms with Crippen LogP contribution in [0.15, 0.2) is 36.4 Å². The first-order chi connectivity index (χ1) is 9.16. The van der Waals surface area contributed by atoms with E-state index < -0.39 is 26.1 Å². The van der Waals surface area contributed by atoms with Gasteiger partial charge in [-0.05, 0) is 5.56 Å². The van der Waals surface area contributed by atoms with Gasteiger partial charge in [-0.15, -0.1) is 0 Å². The molecule has 0 saturated heterocycles. The second-order valence-corrected chi connectivity index (χ2v) is 8.00. The van der Waals surface area contributed by atoms with E-state index in [9.17, 15) is 16.8 Å². The van der Waals surface area contributed by atoms with Crippen molar-refractivity contribution in [1.29, 1.82) is 0 Å². The van der Waals surface area contributed by atoms with Crippen molar-refractivity contribution < 1.29 is 16.8 Å². The van der Waals surface area contributed by atoms with Crippen molar-refractivity contribution >= 4 is 26.1 Å². The molecule has 0 saturated carbocycles. The van der Waals surface area contributed by atoms with Crippen LogP contribution in [-0.2, 0) is 20.0 Å². The van der Waals surface area contributed by atoms with E-state index in [2.05, 4.69) is 9.44 Å². The molecule has 0 aliphatic rings. The molecule has 0 radical (unpaired) electrons. The molecule has 1 aromatic carbocycles. The van der Waals surface area contributed by atoms with Gasteiger partial charge in [-0.2, -0.15) is 0 Å². The molecule has 0 spiro atoms. The van der Waals surface area contributed by atoms with Crippen molar-refractivity contribution in [2.24, 2.45) is 0 Å². The maximum Gasteiger partial charge on any atom is 0.209 e. The van der Waals surface area contributed by atoms with Crippen molar-refractivity contribution in [3.8, 4) is 0 Å². The smallest absolute Gasteiger partial charge is 0.209 e. The van der Waals surface area contributed by atoms with Gasteiger partial charge in [-0.25, -0.2) is 26.3 Å². The first-order valence-electron chi connectivity index (χ1n) is 5.81. The Kier molecular flexibility index (Phi) is 5.88. The SMILES string of the molecule is CS(=O)(=O)NCC(/C=C/c1ccccc1)NS(C)(=O)=O. The normalized spacial score (nSPS) is 14.5. The summed E-state index contributed by atoms with van der Waals surface area (Å²) in [5.41, 5.74) is 0.896. The van der Waals surface area contributed by atoms with Gasteiger partial charge in [-0.3, -0.25) is 0 Å². The quantitative estimate of drug-likeness (QED) is 0.749. The highest BCUT2D eigenvalue weighted by Gasteiger charge is 2.12. The van der Waals surface area contributed by atoms with Crippen LogP contribution in [0.25, 0.3) is 6.08 Å². The molecule has 0 aliphatic carbocycles. The topological polar surface area (TPSA) is 92.3 Å². The average Bonchev–Trinajstić information content (AvgIpc) is 2.31. The number of hydrogen-bond acceptors (Lipinski definition) is 4. The summed E-state index contributed by atoms with van der Waals surface area (Å²) in [5, 5.41) is 0. The first kappa shape index (κ1) is 16.8. The van der Waals surface area contributed by atoms with Crippen LogP contribution in [0.5, 0.6) is 0 Å². The van der Waals surface area contributed by atoms with Crippen LogP contribution in [0, 0.1) is 0 Å². The lowest BCUT2D eigenvalue weighted by atomic mass is 10.2. The predicted octanol–water partition coefficient (Wildman–Crippen LogP) is 0.167. The Morgan fingerprint density at radius 3 is 2.15 bits per heavy atom. The Balaban J connectivity index is 2.79. The van der Waals surface area contributed by atoms with Crippen LogP contribution in [0.2, 0.25) is 0 Å². The van der Waals surface area contributed by atoms with Crippen molar-refractivity contribution in [2.45, 2.75) is 6.04 Å². The minimum Gasteiger partial charge on any atom is -0.214 e. The second kappa shape index (κ2) is 6.98. The Bertz CT molecular complexity index is 652. The zero-order valence-electron chi connectivity index (χ0n) is 11.3. The van der Waals surface area contributed by atoms with Crippen LogP contribution < -0.4 is 9.44 Å². The molecule has 1 rings (SSSR count). The number of sulfonamides is 2. The minimum absolute atomic E-state index is 0.0464. The molecule has 0 heterocycles. The Hall–Kier alpha value is -1.22. The summed E-state index contributed by atoms with van der Waals surface area (Å²) < 4.78 is 49.3. The van der Waals surface area contributed by atoms with E-state index >= 15 is 0 Å². The fourth-order valence-electron chi connectivity index (χ4n) is 1.46. The average molecular weight is 318 g/mol. The molecule has 0 fully saturated rings. The van der Waals surface area contributed by atoms with E-state index in [0.717, 1.165) is 18.1 Å². The van der Waals surface area contributed by atoms with Gasteiger partial charge < -0.3 is 0 Å². The number of rotatable bonds is 7. The zero-order valence-corrected chi connectivity index (χ0v) is 12.9. The summed E-state index contributed by atoms with van der Waals surface area (Å²) in [7, 11) is -6.81. The van der Waals surface area contributed by atoms with E-state index in [-0.39, 0.29) is 6.54 Å². The van der Waals surface area contributed by atoms with Crippen LogP contribution in [-0.4, -0.2) is 41.9 Å². The maximum atomic E-state index is 11.3. The molecule has 20 heavy (non-hydrogen) atoms. The number of nitrogens with one attached hydrogen (secondary N) is 2. The van der Waals surface area contributed by atoms with Crippen LogP contribution in [0.3, 0.4) is 0 Å². The summed E-state index contributed by atoms with van der Waals surface area (Å²) in [6.45, 7) is -0.0464. The van der Waals surface area contributed by atoms with E-state index in [0.29, 0.717) is 0 Å². The monoisotopic (exact) mass is 318 g/mol. The molecule has 2 N–H and O–H groups in total. The molecule has 1 unspecified atom stereocenters. The molecular formula is C12H18N2O4S2. The molecule has 8 heteroatoms. The van der Waals surface area contributed by atoms with Gasteiger partial charge in [-0.1, -0.05) is 42.5 Å². The third kappa shape index (κ3) is 8.05. The van der Waals surface area contributed by atoms with Gasteiger partial charge in [0.1, 0.15) is 0 Å². The lowest BCUT2D eigenvalue weighted by molar-refractivity contribution is 0.563. The highest BCUT2D eigenvalue weighted by molar-refractivity contribution is 7.89. The van der Waals surface area contributed by atoms with Crippen LogP contribution in [0.1, 0.15) is 5.56 Å². The largest absolute Gasteiger partial charge is 0.214 e. The molecule has 112 valence electrons. The molecule has 1 aromatic rings. The summed E-state index contributed by atoms with van der Waals surface area (Å²) in [5.74, 6) is 0. The van der Waals surface area contributed by atoms with Gasteiger partial charge in [0.25, 0.3) is 0 Å². The summed E-state index contributed by atoms with van der Waals surface area (Å²) in [4.78, 5) is 0. The molecule has 0 aliphatic heterocycles. The van der Waals surface area contributed by atoms with Crippen LogP contribution >= 0.6 is 0 Å². The van der Waals surface area contributed by atoms with Gasteiger partial charge in [0, 0.05) is 6.54 Å². The highest BCUT2D eigenvalue weighted by Crippen LogP contribution is 2.02. The number of hydrogen-bond donors (Lipinski definition) is 2. The standard InChI is InChI=1S/C12H18N2O4S2/c1-19(15,16)13-10-12(14-20(2,17)18)9-8-11-6-4-3-5-7-11/h3-9,12-14H,10H2,1-2H3/b9-8+. The fraction of sp³-hybridized carbons (Fsp3) is 0.333. The van der Waals surface area contributed by atoms with E-state index in [4.69, 9.17) is 0 Å². The molecule has 0 aromatic heterocycles. The summed E-state index contributed by atoms with van der Waals surface area (Å²) in [6.07, 6.45) is 5.38. The zero-order chi connectivity index (χ0) is 15.2. The van der Waals surface area contributed by atoms with E-state index in [1.54, 1.807) is 12.2 Å². The first-order valence-corrected chi connectivity index (χ1v) is 9.59. The lowest BCUT2D eigenvalue weighted by Crippen LogP contribution is -2.41. The van der Waals surface area contributed by atoms with Crippen molar-refractivity contribution in [2.75, 3.05) is 19.1 Å². The van der Waals surface area contributed by atoms with Gasteiger partial charge >= 0.3 is 0 Å². The van der Waals surface area contributed by atoms with Gasteiger partial charge in [0.05, 0.1) is 18.6 Å². The Morgan fingerprint density at radius 1 is 1.05 bits per heavy atom. The van der Waals surface area contributed by atoms with E-state index in [1.165, 1.54) is 0 Å². The molecular weight excluding hydrogens is 300 g/mol. The number of benzene rings is 1. The minimum atomic E-state index is -3.43. The van der Waals surface area contributed by atoms with Crippen molar-refractivity contribution in [3.63, 3.8) is 0 Å². The van der Waals surface area contributed by atoms with Crippen LogP contribution in [0.4, 0.5) is 0 Å². The van der Waals surface area contributed by atoms with Crippen molar-refractivity contribution in [1.82, 2.24) is 9.44 Å². The van der Waals surface area contributed by atoms with E-state index in [1.807, 2.05) is 30.3 Å². The molecule has 0 bridgehead atoms. The molecule has 6 nitrogen and oxygen atoms in total. The summed E-state index contributed by atoms with van der Waals surface area (Å²) in [6, 6.07) is 8.64. The van der Waals surface area contributed by atoms with Gasteiger partial charge in [0.15, 0.2) is 0 Å². The highest BCUT2D eigenvalue weighted by atomic mass is 32.2. The third-order valence-electron chi connectivity index (χ3n) is 2.25. The molecule has 1 atom stereocenters. The Labute approximate surface area is 120 Å². The van der Waals surface area contributed by atoms with Gasteiger partial charge in [0.2, 0.25) is 20.0 Å². The predicted molar refractivity (Wildman–Crippen MR) is 80.1 cm³/mol. The Morgan fingerprint density at radius 2 is 1.65 bits per heavy atom. The lowest BCUT2D eigenvalue weighted by Gasteiger charge is -2.13. The summed E-state index contributed by atoms with van der Waals surface area (Å²) >= 11 is 0. The second-order valence-electron chi connectivity index (χ2n) is 4.39. The molecule has 0 amide bonds. The third-order valence-corrected chi connectivity index (χ3v) is 3.67. The fourth-order valence-corrected chi connectivity index (χ4v) is 2.65. The van der Waals surface area contributed by atoms with Crippen molar-refractivity contribution in [3.05, 3.63) is 42.0 Å².